The van der Waals surface area contributed by atoms with E-state index in [1.165, 1.54) is 12.8 Å². The molecule has 1 saturated carbocycles. The Hall–Kier alpha value is -1.12. The monoisotopic (exact) mass is 192 g/mol. The van der Waals surface area contributed by atoms with Crippen molar-refractivity contribution < 1.29 is 4.79 Å². The molecule has 1 heterocycles. The number of ketones is 1. The van der Waals surface area contributed by atoms with Gasteiger partial charge in [-0.1, -0.05) is 19.8 Å². The van der Waals surface area contributed by atoms with Gasteiger partial charge in [-0.15, -0.1) is 0 Å². The van der Waals surface area contributed by atoms with E-state index >= 15 is 0 Å². The molecule has 1 aromatic rings. The predicted molar refractivity (Wildman–Crippen MR) is 53.9 cm³/mol. The average Bonchev–Trinajstić information content (AvgIpc) is 2.76. The van der Waals surface area contributed by atoms with E-state index in [1.54, 1.807) is 12.4 Å². The Labute approximate surface area is 83.9 Å². The minimum absolute atomic E-state index is 0.0766. The van der Waals surface area contributed by atoms with Crippen molar-refractivity contribution in [3.63, 3.8) is 0 Å². The summed E-state index contributed by atoms with van der Waals surface area (Å²) in [5.41, 5.74) is -0.0766. The standard InChI is InChI=1S/C11H16N2O/c1-11(4-2-3-5-11)9(14)8-10-12-6-7-13-10/h6-7H,2-5,8H2,1H3,(H,12,13). The van der Waals surface area contributed by atoms with Crippen LogP contribution in [0.2, 0.25) is 0 Å². The zero-order valence-corrected chi connectivity index (χ0v) is 8.55. The van der Waals surface area contributed by atoms with Crippen LogP contribution >= 0.6 is 0 Å². The van der Waals surface area contributed by atoms with Gasteiger partial charge < -0.3 is 4.98 Å². The normalized spacial score (nSPS) is 19.8. The Balaban J connectivity index is 2.02. The molecule has 0 atom stereocenters. The molecule has 0 unspecified atom stereocenters. The first-order valence-corrected chi connectivity index (χ1v) is 5.22. The number of aromatic nitrogens is 2. The maximum absolute atomic E-state index is 12.0. The number of H-pyrrole nitrogens is 1. The summed E-state index contributed by atoms with van der Waals surface area (Å²) in [4.78, 5) is 19.0. The number of carbonyl (C=O) groups excluding carboxylic acids is 1. The van der Waals surface area contributed by atoms with Crippen LogP contribution in [0.1, 0.15) is 38.4 Å². The van der Waals surface area contributed by atoms with Crippen molar-refractivity contribution in [3.8, 4) is 0 Å². The third kappa shape index (κ3) is 1.72. The van der Waals surface area contributed by atoms with E-state index in [-0.39, 0.29) is 5.41 Å². The van der Waals surface area contributed by atoms with Crippen LogP contribution in [0.3, 0.4) is 0 Å². The third-order valence-electron chi connectivity index (χ3n) is 3.26. The largest absolute Gasteiger partial charge is 0.348 e. The molecule has 1 aliphatic rings. The molecule has 0 amide bonds. The van der Waals surface area contributed by atoms with Gasteiger partial charge in [-0.3, -0.25) is 4.79 Å². The summed E-state index contributed by atoms with van der Waals surface area (Å²) in [6, 6.07) is 0. The molecule has 76 valence electrons. The summed E-state index contributed by atoms with van der Waals surface area (Å²) in [5.74, 6) is 1.13. The van der Waals surface area contributed by atoms with Crippen LogP contribution in [-0.2, 0) is 11.2 Å². The summed E-state index contributed by atoms with van der Waals surface area (Å²) in [6.45, 7) is 2.09. The highest BCUT2D eigenvalue weighted by atomic mass is 16.1. The van der Waals surface area contributed by atoms with Gasteiger partial charge in [0.25, 0.3) is 0 Å². The van der Waals surface area contributed by atoms with Gasteiger partial charge in [0.2, 0.25) is 0 Å². The number of rotatable bonds is 3. The van der Waals surface area contributed by atoms with E-state index in [4.69, 9.17) is 0 Å². The Kier molecular flexibility index (Phi) is 2.40. The summed E-state index contributed by atoms with van der Waals surface area (Å²) in [5, 5.41) is 0. The first-order valence-electron chi connectivity index (χ1n) is 5.22. The summed E-state index contributed by atoms with van der Waals surface area (Å²) in [7, 11) is 0. The van der Waals surface area contributed by atoms with Crippen molar-refractivity contribution in [2.45, 2.75) is 39.0 Å². The van der Waals surface area contributed by atoms with Crippen LogP contribution in [0.15, 0.2) is 12.4 Å². The van der Waals surface area contributed by atoms with Crippen molar-refractivity contribution in [1.29, 1.82) is 0 Å². The van der Waals surface area contributed by atoms with Crippen molar-refractivity contribution in [3.05, 3.63) is 18.2 Å². The van der Waals surface area contributed by atoms with Crippen molar-refractivity contribution in [2.75, 3.05) is 0 Å². The maximum atomic E-state index is 12.0. The van der Waals surface area contributed by atoms with Gasteiger partial charge in [0.1, 0.15) is 11.6 Å². The SMILES string of the molecule is CC1(C(=O)Cc2ncc[nH]2)CCCC1. The number of hydrogen-bond donors (Lipinski definition) is 1. The molecule has 0 spiro atoms. The van der Waals surface area contributed by atoms with Crippen molar-refractivity contribution in [1.82, 2.24) is 9.97 Å². The zero-order valence-electron chi connectivity index (χ0n) is 8.55. The number of aromatic amines is 1. The maximum Gasteiger partial charge on any atom is 0.146 e. The van der Waals surface area contributed by atoms with Gasteiger partial charge in [-0.05, 0) is 12.8 Å². The lowest BCUT2D eigenvalue weighted by Gasteiger charge is -2.20. The second-order valence-electron chi connectivity index (χ2n) is 4.40. The van der Waals surface area contributed by atoms with E-state index in [0.717, 1.165) is 18.7 Å². The highest BCUT2D eigenvalue weighted by molar-refractivity contribution is 5.86. The topological polar surface area (TPSA) is 45.8 Å². The zero-order chi connectivity index (χ0) is 10.0. The quantitative estimate of drug-likeness (QED) is 0.797. The first-order chi connectivity index (χ1) is 6.71. The molecule has 1 aromatic heterocycles. The molecule has 0 radical (unpaired) electrons. The van der Waals surface area contributed by atoms with Gasteiger partial charge in [0.15, 0.2) is 0 Å². The van der Waals surface area contributed by atoms with Crippen molar-refractivity contribution >= 4 is 5.78 Å². The number of hydrogen-bond acceptors (Lipinski definition) is 2. The van der Waals surface area contributed by atoms with Crippen LogP contribution in [0.25, 0.3) is 0 Å². The molecule has 1 N–H and O–H groups in total. The molecule has 0 aromatic carbocycles. The second kappa shape index (κ2) is 3.56. The van der Waals surface area contributed by atoms with Gasteiger partial charge in [0, 0.05) is 17.8 Å². The van der Waals surface area contributed by atoms with Crippen LogP contribution < -0.4 is 0 Å². The molecular formula is C11H16N2O. The van der Waals surface area contributed by atoms with Gasteiger partial charge in [-0.25, -0.2) is 4.98 Å². The lowest BCUT2D eigenvalue weighted by molar-refractivity contribution is -0.127. The smallest absolute Gasteiger partial charge is 0.146 e. The molecule has 2 rings (SSSR count). The molecule has 0 saturated heterocycles. The summed E-state index contributed by atoms with van der Waals surface area (Å²) < 4.78 is 0. The highest BCUT2D eigenvalue weighted by Crippen LogP contribution is 2.38. The fraction of sp³-hybridized carbons (Fsp3) is 0.636. The first kappa shape index (κ1) is 9.44. The van der Waals surface area contributed by atoms with Crippen LogP contribution in [0.5, 0.6) is 0 Å². The van der Waals surface area contributed by atoms with E-state index in [2.05, 4.69) is 16.9 Å². The van der Waals surface area contributed by atoms with Crippen molar-refractivity contribution in [2.24, 2.45) is 5.41 Å². The second-order valence-corrected chi connectivity index (χ2v) is 4.40. The number of nitrogens with zero attached hydrogens (tertiary/aromatic N) is 1. The lowest BCUT2D eigenvalue weighted by Crippen LogP contribution is -2.26. The fourth-order valence-electron chi connectivity index (χ4n) is 2.19. The number of nitrogens with one attached hydrogen (secondary N) is 1. The minimum Gasteiger partial charge on any atom is -0.348 e. The molecule has 0 bridgehead atoms. The van der Waals surface area contributed by atoms with Gasteiger partial charge in [0.05, 0.1) is 6.42 Å². The average molecular weight is 192 g/mol. The third-order valence-corrected chi connectivity index (χ3v) is 3.26. The fourth-order valence-corrected chi connectivity index (χ4v) is 2.19. The van der Waals surface area contributed by atoms with Crippen LogP contribution in [-0.4, -0.2) is 15.8 Å². The molecule has 1 fully saturated rings. The van der Waals surface area contributed by atoms with E-state index < -0.39 is 0 Å². The predicted octanol–water partition coefficient (Wildman–Crippen LogP) is 2.10. The van der Waals surface area contributed by atoms with Gasteiger partial charge >= 0.3 is 0 Å². The summed E-state index contributed by atoms with van der Waals surface area (Å²) >= 11 is 0. The Morgan fingerprint density at radius 2 is 2.29 bits per heavy atom. The molecule has 14 heavy (non-hydrogen) atoms. The number of carbonyl (C=O) groups is 1. The van der Waals surface area contributed by atoms with E-state index in [9.17, 15) is 4.79 Å². The molecule has 1 aliphatic carbocycles. The molecule has 3 nitrogen and oxygen atoms in total. The Morgan fingerprint density at radius 3 is 2.86 bits per heavy atom. The van der Waals surface area contributed by atoms with E-state index in [0.29, 0.717) is 12.2 Å². The summed E-state index contributed by atoms with van der Waals surface area (Å²) in [6.07, 6.45) is 8.41. The molecular weight excluding hydrogens is 176 g/mol. The van der Waals surface area contributed by atoms with E-state index in [1.807, 2.05) is 0 Å². The van der Waals surface area contributed by atoms with Crippen LogP contribution in [0, 0.1) is 5.41 Å². The van der Waals surface area contributed by atoms with Gasteiger partial charge in [-0.2, -0.15) is 0 Å². The van der Waals surface area contributed by atoms with Crippen LogP contribution in [0.4, 0.5) is 0 Å². The Bertz CT molecular complexity index is 310. The molecule has 3 heteroatoms. The lowest BCUT2D eigenvalue weighted by atomic mass is 9.82. The molecule has 0 aliphatic heterocycles. The number of Topliss-reactive ketones (excluding diaryl/α,β-unsaturated/α-hetero) is 1. The minimum atomic E-state index is -0.0766. The number of imidazole rings is 1. The highest BCUT2D eigenvalue weighted by Gasteiger charge is 2.35. The Morgan fingerprint density at radius 1 is 1.57 bits per heavy atom.